The zero-order chi connectivity index (χ0) is 16.4. The van der Waals surface area contributed by atoms with Gasteiger partial charge in [-0.2, -0.15) is 5.10 Å². The van der Waals surface area contributed by atoms with Crippen LogP contribution in [-0.4, -0.2) is 26.1 Å². The van der Waals surface area contributed by atoms with Crippen LogP contribution < -0.4 is 10.9 Å². The van der Waals surface area contributed by atoms with Crippen LogP contribution in [0.15, 0.2) is 35.4 Å². The number of nitrogens with zero attached hydrogens (tertiary/aromatic N) is 2. The number of rotatable bonds is 4. The fourth-order valence-corrected chi connectivity index (χ4v) is 2.36. The molecule has 23 heavy (non-hydrogen) atoms. The van der Waals surface area contributed by atoms with Gasteiger partial charge in [0.05, 0.1) is 6.33 Å². The molecule has 0 spiro atoms. The summed E-state index contributed by atoms with van der Waals surface area (Å²) in [6.07, 6.45) is 1.25. The number of fused-ring (bicyclic) bond motifs is 1. The number of hydrogen-bond acceptors (Lipinski definition) is 4. The molecule has 1 aromatic carbocycles. The van der Waals surface area contributed by atoms with Crippen molar-refractivity contribution in [1.82, 2.24) is 25.5 Å². The minimum atomic E-state index is -0.393. The molecule has 0 aliphatic carbocycles. The lowest BCUT2D eigenvalue weighted by Crippen LogP contribution is -2.24. The summed E-state index contributed by atoms with van der Waals surface area (Å²) in [5.41, 5.74) is 2.16. The van der Waals surface area contributed by atoms with Crippen LogP contribution in [-0.2, 0) is 6.54 Å². The van der Waals surface area contributed by atoms with Crippen molar-refractivity contribution in [2.45, 2.75) is 26.3 Å². The van der Waals surface area contributed by atoms with Crippen LogP contribution >= 0.6 is 0 Å². The Balaban J connectivity index is 1.79. The van der Waals surface area contributed by atoms with E-state index in [2.05, 4.69) is 51.5 Å². The largest absolute Gasteiger partial charge is 0.347 e. The number of carbonyl (C=O) groups excluding carboxylic acids is 1. The van der Waals surface area contributed by atoms with Crippen molar-refractivity contribution in [2.75, 3.05) is 0 Å². The van der Waals surface area contributed by atoms with Crippen LogP contribution in [0.1, 0.15) is 41.4 Å². The van der Waals surface area contributed by atoms with Crippen LogP contribution in [0.4, 0.5) is 0 Å². The fourth-order valence-electron chi connectivity index (χ4n) is 2.36. The molecule has 0 unspecified atom stereocenters. The van der Waals surface area contributed by atoms with Crippen molar-refractivity contribution in [2.24, 2.45) is 0 Å². The normalized spacial score (nSPS) is 11.1. The maximum absolute atomic E-state index is 12.3. The molecule has 3 rings (SSSR count). The third-order valence-corrected chi connectivity index (χ3v) is 3.65. The Kier molecular flexibility index (Phi) is 3.92. The topological polar surface area (TPSA) is 104 Å². The summed E-state index contributed by atoms with van der Waals surface area (Å²) in [6.45, 7) is 4.61. The summed E-state index contributed by atoms with van der Waals surface area (Å²) in [7, 11) is 0. The van der Waals surface area contributed by atoms with Gasteiger partial charge in [0.2, 0.25) is 0 Å². The van der Waals surface area contributed by atoms with Crippen LogP contribution in [0, 0.1) is 0 Å². The standard InChI is InChI=1S/C16H17N5O2/c1-9(2)11-5-3-4-10(6-11)7-17-16(23)13-12-14(21-20-13)18-8-19-15(12)22/h3-6,8-9H,7H2,1-2H3,(H,17,23)(H2,18,19,20,21,22). The van der Waals surface area contributed by atoms with E-state index in [-0.39, 0.29) is 22.6 Å². The summed E-state index contributed by atoms with van der Waals surface area (Å²) in [5.74, 6) is 0.0350. The highest BCUT2D eigenvalue weighted by atomic mass is 16.2. The van der Waals surface area contributed by atoms with Crippen LogP contribution in [0.3, 0.4) is 0 Å². The van der Waals surface area contributed by atoms with Crippen LogP contribution in [0.5, 0.6) is 0 Å². The Morgan fingerprint density at radius 1 is 1.35 bits per heavy atom. The highest BCUT2D eigenvalue weighted by Gasteiger charge is 2.16. The highest BCUT2D eigenvalue weighted by Crippen LogP contribution is 2.15. The molecule has 0 radical (unpaired) electrons. The van der Waals surface area contributed by atoms with Gasteiger partial charge in [-0.25, -0.2) is 4.98 Å². The Hall–Kier alpha value is -2.96. The number of H-pyrrole nitrogens is 2. The molecule has 0 atom stereocenters. The molecule has 0 bridgehead atoms. The third kappa shape index (κ3) is 2.98. The lowest BCUT2D eigenvalue weighted by Gasteiger charge is -2.09. The molecule has 7 heteroatoms. The molecule has 2 heterocycles. The SMILES string of the molecule is CC(C)c1cccc(CNC(=O)c2[nH]nc3nc[nH]c(=O)c23)c1. The van der Waals surface area contributed by atoms with E-state index in [0.29, 0.717) is 12.5 Å². The zero-order valence-corrected chi connectivity index (χ0v) is 12.9. The van der Waals surface area contributed by atoms with Crippen molar-refractivity contribution in [3.8, 4) is 0 Å². The molecular weight excluding hydrogens is 294 g/mol. The molecular formula is C16H17N5O2. The highest BCUT2D eigenvalue weighted by molar-refractivity contribution is 6.03. The second kappa shape index (κ2) is 6.04. The molecule has 7 nitrogen and oxygen atoms in total. The van der Waals surface area contributed by atoms with E-state index in [1.165, 1.54) is 11.9 Å². The van der Waals surface area contributed by atoms with Crippen molar-refractivity contribution >= 4 is 16.9 Å². The molecule has 0 saturated heterocycles. The smallest absolute Gasteiger partial charge is 0.270 e. The molecule has 0 fully saturated rings. The zero-order valence-electron chi connectivity index (χ0n) is 12.9. The number of aromatic amines is 2. The number of nitrogens with one attached hydrogen (secondary N) is 3. The van der Waals surface area contributed by atoms with E-state index < -0.39 is 5.56 Å². The van der Waals surface area contributed by atoms with Crippen molar-refractivity contribution in [3.63, 3.8) is 0 Å². The summed E-state index contributed by atoms with van der Waals surface area (Å²) >= 11 is 0. The first-order chi connectivity index (χ1) is 11.1. The molecule has 0 aliphatic heterocycles. The predicted molar refractivity (Wildman–Crippen MR) is 86.2 cm³/mol. The summed E-state index contributed by atoms with van der Waals surface area (Å²) in [5, 5.41) is 9.42. The average Bonchev–Trinajstić information content (AvgIpc) is 2.98. The maximum Gasteiger partial charge on any atom is 0.270 e. The lowest BCUT2D eigenvalue weighted by atomic mass is 10.0. The molecule has 3 aromatic rings. The van der Waals surface area contributed by atoms with E-state index in [1.54, 1.807) is 0 Å². The van der Waals surface area contributed by atoms with Gasteiger partial charge < -0.3 is 10.3 Å². The third-order valence-electron chi connectivity index (χ3n) is 3.65. The van der Waals surface area contributed by atoms with Crippen molar-refractivity contribution in [3.05, 3.63) is 57.8 Å². The van der Waals surface area contributed by atoms with Gasteiger partial charge in [-0.05, 0) is 17.0 Å². The van der Waals surface area contributed by atoms with E-state index in [1.807, 2.05) is 12.1 Å². The lowest BCUT2D eigenvalue weighted by molar-refractivity contribution is 0.0947. The maximum atomic E-state index is 12.3. The monoisotopic (exact) mass is 311 g/mol. The second-order valence-electron chi connectivity index (χ2n) is 5.61. The van der Waals surface area contributed by atoms with Gasteiger partial charge in [0.15, 0.2) is 5.65 Å². The summed E-state index contributed by atoms with van der Waals surface area (Å²) in [4.78, 5) is 30.5. The number of aromatic nitrogens is 4. The molecule has 0 aliphatic rings. The van der Waals surface area contributed by atoms with Gasteiger partial charge in [0, 0.05) is 6.54 Å². The average molecular weight is 311 g/mol. The van der Waals surface area contributed by atoms with Crippen molar-refractivity contribution < 1.29 is 4.79 Å². The minimum Gasteiger partial charge on any atom is -0.347 e. The first-order valence-corrected chi connectivity index (χ1v) is 7.35. The second-order valence-corrected chi connectivity index (χ2v) is 5.61. The summed E-state index contributed by atoms with van der Waals surface area (Å²) in [6, 6.07) is 8.04. The number of amides is 1. The number of benzene rings is 1. The first kappa shape index (κ1) is 15.0. The Bertz CT molecular complexity index is 910. The van der Waals surface area contributed by atoms with Gasteiger partial charge >= 0.3 is 0 Å². The van der Waals surface area contributed by atoms with E-state index in [4.69, 9.17) is 0 Å². The van der Waals surface area contributed by atoms with Crippen LogP contribution in [0.25, 0.3) is 11.0 Å². The van der Waals surface area contributed by atoms with Gasteiger partial charge in [-0.15, -0.1) is 0 Å². The molecule has 118 valence electrons. The number of carbonyl (C=O) groups is 1. The quantitative estimate of drug-likeness (QED) is 0.682. The van der Waals surface area contributed by atoms with E-state index in [9.17, 15) is 9.59 Å². The molecule has 1 amide bonds. The molecule has 3 N–H and O–H groups in total. The van der Waals surface area contributed by atoms with Crippen molar-refractivity contribution in [1.29, 1.82) is 0 Å². The first-order valence-electron chi connectivity index (χ1n) is 7.35. The van der Waals surface area contributed by atoms with Gasteiger partial charge in [0.25, 0.3) is 11.5 Å². The Morgan fingerprint density at radius 3 is 2.96 bits per heavy atom. The minimum absolute atomic E-state index is 0.120. The van der Waals surface area contributed by atoms with Gasteiger partial charge in [0.1, 0.15) is 11.1 Å². The fraction of sp³-hybridized carbons (Fsp3) is 0.250. The predicted octanol–water partition coefficient (Wildman–Crippen LogP) is 1.70. The molecule has 0 saturated carbocycles. The van der Waals surface area contributed by atoms with E-state index >= 15 is 0 Å². The van der Waals surface area contributed by atoms with E-state index in [0.717, 1.165) is 5.56 Å². The van der Waals surface area contributed by atoms with Crippen LogP contribution in [0.2, 0.25) is 0 Å². The Labute approximate surface area is 132 Å². The summed E-state index contributed by atoms with van der Waals surface area (Å²) < 4.78 is 0. The number of hydrogen-bond donors (Lipinski definition) is 3. The Morgan fingerprint density at radius 2 is 2.17 bits per heavy atom. The van der Waals surface area contributed by atoms with Gasteiger partial charge in [-0.1, -0.05) is 38.1 Å². The van der Waals surface area contributed by atoms with Gasteiger partial charge in [-0.3, -0.25) is 14.7 Å². The molecule has 2 aromatic heterocycles.